The van der Waals surface area contributed by atoms with E-state index in [9.17, 15) is 0 Å². The number of aliphatic hydroxyl groups is 1. The summed E-state index contributed by atoms with van der Waals surface area (Å²) in [6.07, 6.45) is 0. The summed E-state index contributed by atoms with van der Waals surface area (Å²) in [5, 5.41) is 12.3. The molecule has 4 nitrogen and oxygen atoms in total. The number of hydrogen-bond acceptors (Lipinski definition) is 4. The van der Waals surface area contributed by atoms with E-state index in [1.54, 1.807) is 7.11 Å². The van der Waals surface area contributed by atoms with Crippen LogP contribution in [0.4, 0.5) is 0 Å². The van der Waals surface area contributed by atoms with Crippen LogP contribution in [-0.2, 0) is 13.1 Å². The Morgan fingerprint density at radius 2 is 1.61 bits per heavy atom. The first-order chi connectivity index (χ1) is 11.1. The Balaban J connectivity index is 1.95. The van der Waals surface area contributed by atoms with Crippen molar-refractivity contribution < 1.29 is 14.6 Å². The predicted octanol–water partition coefficient (Wildman–Crippen LogP) is 2.97. The van der Waals surface area contributed by atoms with E-state index in [4.69, 9.17) is 14.6 Å². The van der Waals surface area contributed by atoms with Crippen molar-refractivity contribution in [2.24, 2.45) is 0 Å². The van der Waals surface area contributed by atoms with E-state index in [1.807, 2.05) is 18.2 Å². The van der Waals surface area contributed by atoms with Gasteiger partial charge in [0.2, 0.25) is 0 Å². The van der Waals surface area contributed by atoms with Crippen molar-refractivity contribution in [2.75, 3.05) is 20.3 Å². The molecule has 124 valence electrons. The van der Waals surface area contributed by atoms with Crippen molar-refractivity contribution in [3.05, 3.63) is 58.7 Å². The van der Waals surface area contributed by atoms with Crippen molar-refractivity contribution in [3.63, 3.8) is 0 Å². The third-order valence-corrected chi connectivity index (χ3v) is 3.52. The molecule has 0 spiro atoms. The van der Waals surface area contributed by atoms with Crippen molar-refractivity contribution in [1.82, 2.24) is 5.32 Å². The lowest BCUT2D eigenvalue weighted by Gasteiger charge is -2.12. The molecule has 0 bridgehead atoms. The summed E-state index contributed by atoms with van der Waals surface area (Å²) in [6, 6.07) is 12.4. The summed E-state index contributed by atoms with van der Waals surface area (Å²) >= 11 is 0. The fourth-order valence-corrected chi connectivity index (χ4v) is 2.62. The second-order valence-electron chi connectivity index (χ2n) is 5.66. The summed E-state index contributed by atoms with van der Waals surface area (Å²) in [5.41, 5.74) is 4.99. The zero-order chi connectivity index (χ0) is 16.7. The Morgan fingerprint density at radius 3 is 2.26 bits per heavy atom. The van der Waals surface area contributed by atoms with Crippen molar-refractivity contribution in [3.8, 4) is 11.5 Å². The molecular formula is C19H25NO3. The van der Waals surface area contributed by atoms with Gasteiger partial charge < -0.3 is 19.9 Å². The van der Waals surface area contributed by atoms with Crippen LogP contribution < -0.4 is 14.8 Å². The molecule has 0 saturated heterocycles. The van der Waals surface area contributed by atoms with Gasteiger partial charge in [0, 0.05) is 13.1 Å². The normalized spacial score (nSPS) is 10.6. The SMILES string of the molecule is COc1cc(CNCc2cc(C)cc(C)c2)ccc1OCCO. The van der Waals surface area contributed by atoms with Crippen LogP contribution >= 0.6 is 0 Å². The Morgan fingerprint density at radius 1 is 0.913 bits per heavy atom. The first kappa shape index (κ1) is 17.3. The van der Waals surface area contributed by atoms with Gasteiger partial charge >= 0.3 is 0 Å². The molecule has 0 saturated carbocycles. The van der Waals surface area contributed by atoms with Crippen LogP contribution in [0.5, 0.6) is 11.5 Å². The van der Waals surface area contributed by atoms with Gasteiger partial charge in [0.15, 0.2) is 11.5 Å². The Kier molecular flexibility index (Phi) is 6.44. The van der Waals surface area contributed by atoms with E-state index < -0.39 is 0 Å². The van der Waals surface area contributed by atoms with Crippen LogP contribution in [0.15, 0.2) is 36.4 Å². The van der Waals surface area contributed by atoms with Crippen LogP contribution in [0, 0.1) is 13.8 Å². The molecule has 2 aromatic carbocycles. The molecule has 2 rings (SSSR count). The Bertz CT molecular complexity index is 620. The molecule has 0 aliphatic rings. The largest absolute Gasteiger partial charge is 0.493 e. The quantitative estimate of drug-likeness (QED) is 0.786. The highest BCUT2D eigenvalue weighted by Crippen LogP contribution is 2.28. The summed E-state index contributed by atoms with van der Waals surface area (Å²) in [5.74, 6) is 1.34. The average Bonchev–Trinajstić information content (AvgIpc) is 2.52. The molecule has 2 N–H and O–H groups in total. The number of benzene rings is 2. The molecule has 0 heterocycles. The van der Waals surface area contributed by atoms with Crippen LogP contribution in [0.3, 0.4) is 0 Å². The lowest BCUT2D eigenvalue weighted by molar-refractivity contribution is 0.196. The van der Waals surface area contributed by atoms with Gasteiger partial charge in [0.1, 0.15) is 6.61 Å². The maximum Gasteiger partial charge on any atom is 0.161 e. The number of aliphatic hydroxyl groups excluding tert-OH is 1. The lowest BCUT2D eigenvalue weighted by Crippen LogP contribution is -2.13. The van der Waals surface area contributed by atoms with Gasteiger partial charge in [-0.25, -0.2) is 0 Å². The molecule has 0 amide bonds. The second-order valence-corrected chi connectivity index (χ2v) is 5.66. The van der Waals surface area contributed by atoms with Gasteiger partial charge in [-0.3, -0.25) is 0 Å². The van der Waals surface area contributed by atoms with Crippen LogP contribution in [0.1, 0.15) is 22.3 Å². The highest BCUT2D eigenvalue weighted by Gasteiger charge is 2.06. The van der Waals surface area contributed by atoms with Gasteiger partial charge in [-0.1, -0.05) is 35.4 Å². The molecule has 23 heavy (non-hydrogen) atoms. The van der Waals surface area contributed by atoms with Crippen molar-refractivity contribution in [1.29, 1.82) is 0 Å². The minimum absolute atomic E-state index is 0.0115. The summed E-state index contributed by atoms with van der Waals surface area (Å²) in [4.78, 5) is 0. The zero-order valence-electron chi connectivity index (χ0n) is 14.1. The molecule has 0 atom stereocenters. The van der Waals surface area contributed by atoms with E-state index in [1.165, 1.54) is 16.7 Å². The standard InChI is InChI=1S/C19H25NO3/c1-14-8-15(2)10-17(9-14)13-20-12-16-4-5-18(23-7-6-21)19(11-16)22-3/h4-5,8-11,20-21H,6-7,12-13H2,1-3H3. The summed E-state index contributed by atoms with van der Waals surface area (Å²) in [6.45, 7) is 6.07. The first-order valence-corrected chi connectivity index (χ1v) is 7.81. The van der Waals surface area contributed by atoms with Crippen molar-refractivity contribution in [2.45, 2.75) is 26.9 Å². The Hall–Kier alpha value is -2.04. The summed E-state index contributed by atoms with van der Waals surface area (Å²) < 4.78 is 10.8. The average molecular weight is 315 g/mol. The molecule has 4 heteroatoms. The van der Waals surface area contributed by atoms with E-state index in [-0.39, 0.29) is 13.2 Å². The van der Waals surface area contributed by atoms with Crippen LogP contribution in [0.2, 0.25) is 0 Å². The topological polar surface area (TPSA) is 50.7 Å². The minimum atomic E-state index is -0.0115. The molecule has 0 fully saturated rings. The maximum absolute atomic E-state index is 8.83. The van der Waals surface area contributed by atoms with E-state index in [0.717, 1.165) is 18.7 Å². The molecule has 0 aromatic heterocycles. The van der Waals surface area contributed by atoms with Gasteiger partial charge in [-0.05, 0) is 37.1 Å². The molecule has 0 aliphatic heterocycles. The fourth-order valence-electron chi connectivity index (χ4n) is 2.62. The smallest absolute Gasteiger partial charge is 0.161 e. The molecule has 0 radical (unpaired) electrons. The third kappa shape index (κ3) is 5.27. The predicted molar refractivity (Wildman–Crippen MR) is 92.0 cm³/mol. The maximum atomic E-state index is 8.83. The molecule has 0 unspecified atom stereocenters. The number of nitrogens with one attached hydrogen (secondary N) is 1. The van der Waals surface area contributed by atoms with Gasteiger partial charge in [-0.2, -0.15) is 0 Å². The number of ether oxygens (including phenoxy) is 2. The summed E-state index contributed by atoms with van der Waals surface area (Å²) in [7, 11) is 1.62. The zero-order valence-corrected chi connectivity index (χ0v) is 14.1. The fraction of sp³-hybridized carbons (Fsp3) is 0.368. The van der Waals surface area contributed by atoms with Gasteiger partial charge in [-0.15, -0.1) is 0 Å². The number of hydrogen-bond donors (Lipinski definition) is 2. The van der Waals surface area contributed by atoms with E-state index in [2.05, 4.69) is 37.4 Å². The Labute approximate surface area is 138 Å². The van der Waals surface area contributed by atoms with Crippen molar-refractivity contribution >= 4 is 0 Å². The monoisotopic (exact) mass is 315 g/mol. The highest BCUT2D eigenvalue weighted by atomic mass is 16.5. The number of methoxy groups -OCH3 is 1. The number of aryl methyl sites for hydroxylation is 2. The molecular weight excluding hydrogens is 290 g/mol. The van der Waals surface area contributed by atoms with E-state index >= 15 is 0 Å². The number of rotatable bonds is 8. The van der Waals surface area contributed by atoms with E-state index in [0.29, 0.717) is 11.5 Å². The van der Waals surface area contributed by atoms with Crippen LogP contribution in [0.25, 0.3) is 0 Å². The van der Waals surface area contributed by atoms with Crippen LogP contribution in [-0.4, -0.2) is 25.4 Å². The highest BCUT2D eigenvalue weighted by molar-refractivity contribution is 5.43. The molecule has 2 aromatic rings. The minimum Gasteiger partial charge on any atom is -0.493 e. The third-order valence-electron chi connectivity index (χ3n) is 3.52. The first-order valence-electron chi connectivity index (χ1n) is 7.81. The lowest BCUT2D eigenvalue weighted by atomic mass is 10.1. The van der Waals surface area contributed by atoms with Gasteiger partial charge in [0.25, 0.3) is 0 Å². The van der Waals surface area contributed by atoms with Gasteiger partial charge in [0.05, 0.1) is 13.7 Å². The second kappa shape index (κ2) is 8.56. The molecule has 0 aliphatic carbocycles.